The number of aromatic nitrogens is 2. The second-order valence-corrected chi connectivity index (χ2v) is 8.98. The Hall–Kier alpha value is -5.08. The molecule has 2 nitrogen and oxygen atoms in total. The molecule has 0 saturated heterocycles. The fourth-order valence-electron chi connectivity index (χ4n) is 5.40. The predicted molar refractivity (Wildman–Crippen MR) is 161 cm³/mol. The van der Waals surface area contributed by atoms with Gasteiger partial charge in [0.15, 0.2) is 0 Å². The number of para-hydroxylation sites is 3. The van der Waals surface area contributed by atoms with E-state index < -0.39 is 36.3 Å². The zero-order valence-electron chi connectivity index (χ0n) is 30.9. The summed E-state index contributed by atoms with van der Waals surface area (Å²) in [7, 11) is 0. The van der Waals surface area contributed by atoms with Crippen molar-refractivity contribution in [3.63, 3.8) is 0 Å². The van der Waals surface area contributed by atoms with Crippen molar-refractivity contribution in [1.82, 2.24) is 9.13 Å². The van der Waals surface area contributed by atoms with Crippen molar-refractivity contribution in [2.75, 3.05) is 0 Å². The number of nitrogens with zero attached hydrogens (tertiary/aromatic N) is 2. The molecule has 0 spiro atoms. The van der Waals surface area contributed by atoms with Crippen LogP contribution in [-0.2, 0) is 0 Å². The largest absolute Gasteiger partial charge is 0.309 e. The quantitative estimate of drug-likeness (QED) is 0.231. The first-order valence-corrected chi connectivity index (χ1v) is 12.1. The molecule has 6 aromatic carbocycles. The third-order valence-corrected chi connectivity index (χ3v) is 6.94. The molecule has 8 aromatic rings. The van der Waals surface area contributed by atoms with E-state index >= 15 is 0 Å². The summed E-state index contributed by atoms with van der Waals surface area (Å²) in [6.07, 6.45) is 0. The number of fused-ring (bicyclic) bond motifs is 6. The highest BCUT2D eigenvalue weighted by Gasteiger charge is 2.19. The SMILES string of the molecule is [2H]c1cc([2H])c(-c2cccc(-n3c4ccccc4c4c(-n5c6c([2H])c([2H])c([2H])c([2H])c6c6c([2H])c([2H])c([2H])c([2H])c65)cccc43)c2)c([2H])c1. The predicted octanol–water partition coefficient (Wildman–Crippen LogP) is 9.55. The first kappa shape index (κ1) is 12.9. The third-order valence-electron chi connectivity index (χ3n) is 6.94. The molecule has 2 heterocycles. The average Bonchev–Trinajstić information content (AvgIpc) is 3.62. The molecule has 0 radical (unpaired) electrons. The van der Waals surface area contributed by atoms with E-state index in [9.17, 15) is 0 Å². The Bertz CT molecular complexity index is 2640. The van der Waals surface area contributed by atoms with Gasteiger partial charge in [-0.2, -0.15) is 0 Å². The fourth-order valence-corrected chi connectivity index (χ4v) is 5.40. The van der Waals surface area contributed by atoms with Crippen molar-refractivity contribution in [3.8, 4) is 22.5 Å². The molecule has 0 aliphatic heterocycles. The van der Waals surface area contributed by atoms with E-state index in [0.29, 0.717) is 27.7 Å². The van der Waals surface area contributed by atoms with Gasteiger partial charge < -0.3 is 9.13 Å². The van der Waals surface area contributed by atoms with Crippen molar-refractivity contribution < 1.29 is 15.1 Å². The van der Waals surface area contributed by atoms with Crippen LogP contribution in [0.5, 0.6) is 0 Å². The lowest BCUT2D eigenvalue weighted by molar-refractivity contribution is 1.17. The van der Waals surface area contributed by atoms with Gasteiger partial charge in [0, 0.05) is 27.2 Å². The van der Waals surface area contributed by atoms with Crippen LogP contribution in [0.3, 0.4) is 0 Å². The minimum absolute atomic E-state index is 0.0116. The number of hydrogen-bond acceptors (Lipinski definition) is 0. The molecule has 38 heavy (non-hydrogen) atoms. The van der Waals surface area contributed by atoms with E-state index in [2.05, 4.69) is 0 Å². The van der Waals surface area contributed by atoms with Crippen molar-refractivity contribution in [2.24, 2.45) is 0 Å². The fraction of sp³-hybridized carbons (Fsp3) is 0. The topological polar surface area (TPSA) is 9.86 Å². The zero-order chi connectivity index (χ0) is 34.6. The monoisotopic (exact) mass is 495 g/mol. The summed E-state index contributed by atoms with van der Waals surface area (Å²) in [6.45, 7) is 0. The minimum atomic E-state index is -0.498. The van der Waals surface area contributed by atoms with Crippen molar-refractivity contribution >= 4 is 43.6 Å². The molecular formula is C36H24N2. The Labute approximate surface area is 236 Å². The Kier molecular flexibility index (Phi) is 2.80. The smallest absolute Gasteiger partial charge is 0.0645 e. The van der Waals surface area contributed by atoms with E-state index in [0.717, 1.165) is 16.6 Å². The minimum Gasteiger partial charge on any atom is -0.309 e. The molecule has 0 bridgehead atoms. The molecule has 0 fully saturated rings. The van der Waals surface area contributed by atoms with Crippen LogP contribution in [0.15, 0.2) is 145 Å². The lowest BCUT2D eigenvalue weighted by atomic mass is 10.1. The van der Waals surface area contributed by atoms with Gasteiger partial charge in [-0.25, -0.2) is 0 Å². The van der Waals surface area contributed by atoms with Crippen LogP contribution in [0.25, 0.3) is 66.1 Å². The molecule has 0 aliphatic carbocycles. The summed E-state index contributed by atoms with van der Waals surface area (Å²) in [5.41, 5.74) is 3.81. The molecule has 0 saturated carbocycles. The van der Waals surface area contributed by atoms with Crippen LogP contribution >= 0.6 is 0 Å². The van der Waals surface area contributed by atoms with Gasteiger partial charge in [-0.15, -0.1) is 0 Å². The van der Waals surface area contributed by atoms with Gasteiger partial charge in [0.25, 0.3) is 0 Å². The van der Waals surface area contributed by atoms with E-state index in [-0.39, 0.29) is 52.0 Å². The van der Waals surface area contributed by atoms with Crippen LogP contribution in [0, 0.1) is 0 Å². The number of hydrogen-bond donors (Lipinski definition) is 0. The van der Waals surface area contributed by atoms with Gasteiger partial charge in [0.05, 0.1) is 42.8 Å². The molecule has 178 valence electrons. The molecule has 2 aromatic heterocycles. The van der Waals surface area contributed by atoms with Crippen molar-refractivity contribution in [3.05, 3.63) is 145 Å². The van der Waals surface area contributed by atoms with Crippen LogP contribution in [0.2, 0.25) is 0 Å². The lowest BCUT2D eigenvalue weighted by Crippen LogP contribution is -1.96. The Morgan fingerprint density at radius 3 is 1.92 bits per heavy atom. The van der Waals surface area contributed by atoms with Crippen LogP contribution < -0.4 is 0 Å². The van der Waals surface area contributed by atoms with Crippen molar-refractivity contribution in [1.29, 1.82) is 0 Å². The standard InChI is InChI=1S/C36H24N2/c1-2-12-25(13-3-1)26-14-10-15-27(24-26)37-33-21-9-6-18-30(33)36-34(37)22-11-23-35(36)38-31-19-7-4-16-28(31)29-17-5-8-20-32(29)38/h1-24H/i1D,4D,5D,7D,8D,12D,13D,16D,17D,19D,20D. The van der Waals surface area contributed by atoms with Gasteiger partial charge in [0.1, 0.15) is 0 Å². The first-order chi connectivity index (χ1) is 23.4. The molecule has 0 aliphatic rings. The van der Waals surface area contributed by atoms with Crippen LogP contribution in [-0.4, -0.2) is 9.13 Å². The highest BCUT2D eigenvalue weighted by atomic mass is 15.0. The molecular weight excluding hydrogens is 460 g/mol. The zero-order valence-corrected chi connectivity index (χ0v) is 19.9. The maximum Gasteiger partial charge on any atom is 0.0645 e. The normalized spacial score (nSPS) is 15.7. The summed E-state index contributed by atoms with van der Waals surface area (Å²) in [6, 6.07) is 20.1. The molecule has 8 rings (SSSR count). The lowest BCUT2D eigenvalue weighted by Gasteiger charge is -2.12. The van der Waals surface area contributed by atoms with E-state index in [1.165, 1.54) is 16.7 Å². The Morgan fingerprint density at radius 2 is 1.13 bits per heavy atom. The molecule has 0 unspecified atom stereocenters. The maximum absolute atomic E-state index is 8.99. The Balaban J connectivity index is 1.53. The average molecular weight is 496 g/mol. The van der Waals surface area contributed by atoms with Crippen molar-refractivity contribution in [2.45, 2.75) is 0 Å². The van der Waals surface area contributed by atoms with Crippen LogP contribution in [0.1, 0.15) is 15.1 Å². The van der Waals surface area contributed by atoms with Crippen LogP contribution in [0.4, 0.5) is 0 Å². The number of rotatable bonds is 3. The van der Waals surface area contributed by atoms with E-state index in [4.69, 9.17) is 15.1 Å². The summed E-state index contributed by atoms with van der Waals surface area (Å²) < 4.78 is 97.9. The number of benzene rings is 6. The molecule has 0 amide bonds. The second kappa shape index (κ2) is 8.22. The van der Waals surface area contributed by atoms with Gasteiger partial charge in [-0.3, -0.25) is 0 Å². The summed E-state index contributed by atoms with van der Waals surface area (Å²) in [4.78, 5) is 0. The van der Waals surface area contributed by atoms with Gasteiger partial charge in [-0.05, 0) is 53.5 Å². The Morgan fingerprint density at radius 1 is 0.447 bits per heavy atom. The van der Waals surface area contributed by atoms with Gasteiger partial charge in [-0.1, -0.05) is 103 Å². The molecule has 0 N–H and O–H groups in total. The van der Waals surface area contributed by atoms with Gasteiger partial charge in [0.2, 0.25) is 0 Å². The summed E-state index contributed by atoms with van der Waals surface area (Å²) >= 11 is 0. The van der Waals surface area contributed by atoms with E-state index in [1.54, 1.807) is 12.1 Å². The third kappa shape index (κ3) is 3.01. The molecule has 2 heteroatoms. The van der Waals surface area contributed by atoms with Gasteiger partial charge >= 0.3 is 0 Å². The second-order valence-electron chi connectivity index (χ2n) is 8.98. The summed E-state index contributed by atoms with van der Waals surface area (Å²) in [5, 5.41) is 1.49. The van der Waals surface area contributed by atoms with E-state index in [1.807, 2.05) is 59.2 Å². The highest BCUT2D eigenvalue weighted by molar-refractivity contribution is 6.16. The summed E-state index contributed by atoms with van der Waals surface area (Å²) in [5.74, 6) is 0. The maximum atomic E-state index is 8.99. The highest BCUT2D eigenvalue weighted by Crippen LogP contribution is 2.40. The molecule has 0 atom stereocenters. The first-order valence-electron chi connectivity index (χ1n) is 17.6.